The summed E-state index contributed by atoms with van der Waals surface area (Å²) in [6, 6.07) is 6.42. The molecule has 3 rings (SSSR count). The molecule has 25 heavy (non-hydrogen) atoms. The molecule has 1 aliphatic carbocycles. The highest BCUT2D eigenvalue weighted by molar-refractivity contribution is 5.94. The molecule has 1 heterocycles. The van der Waals surface area contributed by atoms with Crippen LogP contribution < -0.4 is 16.4 Å². The molecule has 0 aliphatic heterocycles. The van der Waals surface area contributed by atoms with E-state index in [1.807, 2.05) is 0 Å². The Hall–Kier alpha value is -2.90. The summed E-state index contributed by atoms with van der Waals surface area (Å²) in [5.41, 5.74) is 5.88. The molecule has 1 aromatic carbocycles. The van der Waals surface area contributed by atoms with Gasteiger partial charge in [0, 0.05) is 19.0 Å². The molecule has 0 unspecified atom stereocenters. The summed E-state index contributed by atoms with van der Waals surface area (Å²) in [7, 11) is 0. The van der Waals surface area contributed by atoms with Crippen LogP contribution in [-0.2, 0) is 12.1 Å². The molecule has 0 spiro atoms. The number of carbonyl (C=O) groups excluding carboxylic acids is 2. The van der Waals surface area contributed by atoms with Gasteiger partial charge < -0.3 is 20.9 Å². The van der Waals surface area contributed by atoms with Gasteiger partial charge in [0.05, 0.1) is 0 Å². The van der Waals surface area contributed by atoms with Crippen LogP contribution >= 0.6 is 0 Å². The van der Waals surface area contributed by atoms with Gasteiger partial charge in [0.25, 0.3) is 5.91 Å². The van der Waals surface area contributed by atoms with Gasteiger partial charge in [-0.15, -0.1) is 0 Å². The first kappa shape index (κ1) is 16.9. The molecule has 1 aliphatic rings. The normalized spacial score (nSPS) is 15.7. The minimum Gasteiger partial charge on any atom is -0.352 e. The van der Waals surface area contributed by atoms with Crippen LogP contribution in [0, 0.1) is 6.92 Å². The molecule has 8 nitrogen and oxygen atoms in total. The number of nitrogens with zero attached hydrogens (tertiary/aromatic N) is 2. The quantitative estimate of drug-likeness (QED) is 0.763. The zero-order valence-corrected chi connectivity index (χ0v) is 14.0. The second-order valence-corrected chi connectivity index (χ2v) is 6.30. The van der Waals surface area contributed by atoms with Crippen molar-refractivity contribution >= 4 is 11.9 Å². The highest BCUT2D eigenvalue weighted by Crippen LogP contribution is 2.37. The van der Waals surface area contributed by atoms with Gasteiger partial charge in [-0.3, -0.25) is 4.79 Å². The predicted octanol–water partition coefficient (Wildman–Crippen LogP) is 1.75. The van der Waals surface area contributed by atoms with Crippen molar-refractivity contribution in [2.24, 2.45) is 5.73 Å². The van der Waals surface area contributed by atoms with Crippen molar-refractivity contribution in [1.29, 1.82) is 0 Å². The van der Waals surface area contributed by atoms with Crippen LogP contribution in [-0.4, -0.2) is 22.1 Å². The highest BCUT2D eigenvalue weighted by Gasteiger charge is 2.41. The third-order valence-electron chi connectivity index (χ3n) is 4.45. The van der Waals surface area contributed by atoms with Gasteiger partial charge in [-0.2, -0.15) is 4.98 Å². The number of rotatable bonds is 5. The summed E-state index contributed by atoms with van der Waals surface area (Å²) in [4.78, 5) is 27.7. The van der Waals surface area contributed by atoms with Crippen LogP contribution in [0.15, 0.2) is 28.8 Å². The van der Waals surface area contributed by atoms with E-state index in [0.29, 0.717) is 23.8 Å². The number of amides is 3. The van der Waals surface area contributed by atoms with Crippen molar-refractivity contribution in [3.05, 3.63) is 47.1 Å². The van der Waals surface area contributed by atoms with Crippen LogP contribution in [0.4, 0.5) is 4.79 Å². The second-order valence-electron chi connectivity index (χ2n) is 6.30. The molecule has 132 valence electrons. The van der Waals surface area contributed by atoms with E-state index in [-0.39, 0.29) is 5.91 Å². The molecule has 1 fully saturated rings. The Morgan fingerprint density at radius 1 is 1.24 bits per heavy atom. The summed E-state index contributed by atoms with van der Waals surface area (Å²) in [5, 5.41) is 9.62. The lowest BCUT2D eigenvalue weighted by Gasteiger charge is -2.26. The van der Waals surface area contributed by atoms with Crippen molar-refractivity contribution in [2.75, 3.05) is 0 Å². The van der Waals surface area contributed by atoms with Crippen LogP contribution in [0.3, 0.4) is 0 Å². The van der Waals surface area contributed by atoms with E-state index in [0.717, 1.165) is 31.2 Å². The molecule has 0 radical (unpaired) electrons. The van der Waals surface area contributed by atoms with Crippen molar-refractivity contribution in [1.82, 2.24) is 20.8 Å². The Morgan fingerprint density at radius 3 is 2.48 bits per heavy atom. The van der Waals surface area contributed by atoms with Gasteiger partial charge in [-0.25, -0.2) is 4.79 Å². The first-order chi connectivity index (χ1) is 12.0. The Labute approximate surface area is 145 Å². The summed E-state index contributed by atoms with van der Waals surface area (Å²) >= 11 is 0. The Balaban J connectivity index is 1.72. The van der Waals surface area contributed by atoms with Crippen molar-refractivity contribution in [2.45, 2.75) is 44.7 Å². The van der Waals surface area contributed by atoms with Crippen LogP contribution in [0.1, 0.15) is 53.3 Å². The lowest BCUT2D eigenvalue weighted by Crippen LogP contribution is -2.44. The van der Waals surface area contributed by atoms with Gasteiger partial charge in [0.15, 0.2) is 5.82 Å². The standard InChI is InChI=1S/C17H21N5O3/c1-11-20-15(22-25-11)17(8-2-3-9-17)21-14(23)13-6-4-12(5-7-13)10-19-16(18)24/h4-7H,2-3,8-10H2,1H3,(H,21,23)(H3,18,19,24). The van der Waals surface area contributed by atoms with Crippen LogP contribution in [0.2, 0.25) is 0 Å². The molecule has 0 bridgehead atoms. The van der Waals surface area contributed by atoms with E-state index in [2.05, 4.69) is 20.8 Å². The van der Waals surface area contributed by atoms with Crippen molar-refractivity contribution in [3.63, 3.8) is 0 Å². The Kier molecular flexibility index (Phi) is 4.69. The smallest absolute Gasteiger partial charge is 0.312 e. The van der Waals surface area contributed by atoms with Crippen LogP contribution in [0.25, 0.3) is 0 Å². The average molecular weight is 343 g/mol. The zero-order chi connectivity index (χ0) is 17.9. The van der Waals surface area contributed by atoms with E-state index in [1.54, 1.807) is 31.2 Å². The number of aromatic nitrogens is 2. The van der Waals surface area contributed by atoms with E-state index in [4.69, 9.17) is 10.3 Å². The number of nitrogens with two attached hydrogens (primary N) is 1. The number of aryl methyl sites for hydroxylation is 1. The number of primary amides is 1. The third-order valence-corrected chi connectivity index (χ3v) is 4.45. The molecule has 0 atom stereocenters. The fraction of sp³-hybridized carbons (Fsp3) is 0.412. The topological polar surface area (TPSA) is 123 Å². The summed E-state index contributed by atoms with van der Waals surface area (Å²) in [5.74, 6) is 0.846. The van der Waals surface area contributed by atoms with Gasteiger partial charge in [-0.1, -0.05) is 30.1 Å². The summed E-state index contributed by atoms with van der Waals surface area (Å²) in [6.07, 6.45) is 3.59. The summed E-state index contributed by atoms with van der Waals surface area (Å²) < 4.78 is 5.09. The molecular formula is C17H21N5O3. The maximum atomic E-state index is 12.7. The molecule has 3 amide bonds. The number of nitrogens with one attached hydrogen (secondary N) is 2. The SMILES string of the molecule is Cc1nc(C2(NC(=O)c3ccc(CNC(N)=O)cc3)CCCC2)no1. The molecule has 0 saturated heterocycles. The maximum absolute atomic E-state index is 12.7. The minimum atomic E-state index is -0.583. The molecule has 1 saturated carbocycles. The van der Waals surface area contributed by atoms with Gasteiger partial charge in [0.1, 0.15) is 5.54 Å². The lowest BCUT2D eigenvalue weighted by atomic mass is 9.95. The van der Waals surface area contributed by atoms with E-state index in [1.165, 1.54) is 0 Å². The fourth-order valence-electron chi connectivity index (χ4n) is 3.13. The van der Waals surface area contributed by atoms with Gasteiger partial charge >= 0.3 is 6.03 Å². The number of hydrogen-bond donors (Lipinski definition) is 3. The van der Waals surface area contributed by atoms with Gasteiger partial charge in [-0.05, 0) is 30.5 Å². The predicted molar refractivity (Wildman–Crippen MR) is 89.5 cm³/mol. The highest BCUT2D eigenvalue weighted by atomic mass is 16.5. The molecule has 2 aromatic rings. The first-order valence-electron chi connectivity index (χ1n) is 8.24. The average Bonchev–Trinajstić information content (AvgIpc) is 3.23. The summed E-state index contributed by atoms with van der Waals surface area (Å²) in [6.45, 7) is 2.06. The maximum Gasteiger partial charge on any atom is 0.312 e. The van der Waals surface area contributed by atoms with E-state index in [9.17, 15) is 9.59 Å². The fourth-order valence-corrected chi connectivity index (χ4v) is 3.13. The number of carbonyl (C=O) groups is 2. The number of benzene rings is 1. The molecule has 1 aromatic heterocycles. The Bertz CT molecular complexity index is 763. The minimum absolute atomic E-state index is 0.182. The monoisotopic (exact) mass is 343 g/mol. The molecule has 8 heteroatoms. The number of urea groups is 1. The van der Waals surface area contributed by atoms with Crippen molar-refractivity contribution in [3.8, 4) is 0 Å². The van der Waals surface area contributed by atoms with E-state index >= 15 is 0 Å². The van der Waals surface area contributed by atoms with Crippen LogP contribution in [0.5, 0.6) is 0 Å². The number of hydrogen-bond acceptors (Lipinski definition) is 5. The van der Waals surface area contributed by atoms with E-state index < -0.39 is 11.6 Å². The second kappa shape index (κ2) is 6.92. The zero-order valence-electron chi connectivity index (χ0n) is 14.0. The Morgan fingerprint density at radius 2 is 1.92 bits per heavy atom. The third kappa shape index (κ3) is 3.78. The lowest BCUT2D eigenvalue weighted by molar-refractivity contribution is 0.0892. The molecular weight excluding hydrogens is 322 g/mol. The first-order valence-corrected chi connectivity index (χ1v) is 8.24. The molecule has 4 N–H and O–H groups in total. The largest absolute Gasteiger partial charge is 0.352 e. The van der Waals surface area contributed by atoms with Gasteiger partial charge in [0.2, 0.25) is 5.89 Å². The van der Waals surface area contributed by atoms with Crippen molar-refractivity contribution < 1.29 is 14.1 Å².